The molecule has 0 fully saturated rings. The minimum atomic E-state index is -0.857. The van der Waals surface area contributed by atoms with Gasteiger partial charge in [-0.3, -0.25) is 9.59 Å². The number of amides is 1. The average molecular weight is 424 g/mol. The lowest BCUT2D eigenvalue weighted by atomic mass is 10.1. The van der Waals surface area contributed by atoms with Crippen LogP contribution in [0.25, 0.3) is 0 Å². The summed E-state index contributed by atoms with van der Waals surface area (Å²) in [5.74, 6) is -0.287. The van der Waals surface area contributed by atoms with Crippen LogP contribution in [0.4, 0.5) is 0 Å². The maximum absolute atomic E-state index is 12.1. The normalized spacial score (nSPS) is 11.6. The second-order valence-electron chi connectivity index (χ2n) is 6.36. The summed E-state index contributed by atoms with van der Waals surface area (Å²) in [6.45, 7) is 4.23. The number of rotatable bonds is 9. The molecule has 150 valence electrons. The standard InChI is InChI=1S/C21H23Cl2NO4/c1-14-5-7-16(8-6-14)13-24-21(26)15(2)28-20(25)4-3-11-27-19-10-9-17(22)12-18(19)23/h5-10,12,15H,3-4,11,13H2,1-2H3,(H,24,26). The fourth-order valence-electron chi connectivity index (χ4n) is 2.34. The lowest BCUT2D eigenvalue weighted by molar-refractivity contribution is -0.155. The summed E-state index contributed by atoms with van der Waals surface area (Å²) < 4.78 is 10.7. The number of halogens is 2. The van der Waals surface area contributed by atoms with Crippen LogP contribution in [0, 0.1) is 6.92 Å². The molecule has 0 aromatic heterocycles. The number of ether oxygens (including phenoxy) is 2. The smallest absolute Gasteiger partial charge is 0.306 e. The van der Waals surface area contributed by atoms with Crippen molar-refractivity contribution < 1.29 is 19.1 Å². The van der Waals surface area contributed by atoms with E-state index in [1.165, 1.54) is 0 Å². The molecular weight excluding hydrogens is 401 g/mol. The summed E-state index contributed by atoms with van der Waals surface area (Å²) in [7, 11) is 0. The SMILES string of the molecule is Cc1ccc(CNC(=O)C(C)OC(=O)CCCOc2ccc(Cl)cc2Cl)cc1. The molecule has 2 rings (SSSR count). The second kappa shape index (κ2) is 10.9. The minimum absolute atomic E-state index is 0.140. The summed E-state index contributed by atoms with van der Waals surface area (Å²) in [6, 6.07) is 12.8. The minimum Gasteiger partial charge on any atom is -0.492 e. The number of aryl methyl sites for hydroxylation is 1. The molecular formula is C21H23Cl2NO4. The van der Waals surface area contributed by atoms with Gasteiger partial charge in [-0.05, 0) is 44.0 Å². The first-order valence-corrected chi connectivity index (χ1v) is 9.71. The van der Waals surface area contributed by atoms with Gasteiger partial charge in [0.1, 0.15) is 5.75 Å². The van der Waals surface area contributed by atoms with E-state index >= 15 is 0 Å². The van der Waals surface area contributed by atoms with Crippen molar-refractivity contribution in [2.75, 3.05) is 6.61 Å². The quantitative estimate of drug-likeness (QED) is 0.468. The molecule has 1 unspecified atom stereocenters. The van der Waals surface area contributed by atoms with Gasteiger partial charge < -0.3 is 14.8 Å². The summed E-state index contributed by atoms with van der Waals surface area (Å²) >= 11 is 11.8. The molecule has 0 radical (unpaired) electrons. The Labute approximate surface area is 174 Å². The number of hydrogen-bond acceptors (Lipinski definition) is 4. The van der Waals surface area contributed by atoms with Crippen LogP contribution in [0.15, 0.2) is 42.5 Å². The summed E-state index contributed by atoms with van der Waals surface area (Å²) in [4.78, 5) is 24.0. The lowest BCUT2D eigenvalue weighted by Crippen LogP contribution is -2.35. The Morgan fingerprint density at radius 3 is 2.50 bits per heavy atom. The van der Waals surface area contributed by atoms with E-state index in [9.17, 15) is 9.59 Å². The number of carbonyl (C=O) groups is 2. The molecule has 0 bridgehead atoms. The first-order valence-electron chi connectivity index (χ1n) is 8.95. The van der Waals surface area contributed by atoms with E-state index in [2.05, 4.69) is 5.32 Å². The topological polar surface area (TPSA) is 64.6 Å². The third kappa shape index (κ3) is 7.41. The molecule has 0 saturated carbocycles. The Morgan fingerprint density at radius 2 is 1.82 bits per heavy atom. The van der Waals surface area contributed by atoms with Crippen molar-refractivity contribution in [3.05, 3.63) is 63.6 Å². The number of hydrogen-bond donors (Lipinski definition) is 1. The zero-order chi connectivity index (χ0) is 20.5. The lowest BCUT2D eigenvalue weighted by Gasteiger charge is -2.14. The van der Waals surface area contributed by atoms with Crippen molar-refractivity contribution >= 4 is 35.1 Å². The highest BCUT2D eigenvalue weighted by molar-refractivity contribution is 6.35. The number of benzene rings is 2. The monoisotopic (exact) mass is 423 g/mol. The average Bonchev–Trinajstić information content (AvgIpc) is 2.65. The highest BCUT2D eigenvalue weighted by atomic mass is 35.5. The van der Waals surface area contributed by atoms with Crippen LogP contribution >= 0.6 is 23.2 Å². The molecule has 7 heteroatoms. The van der Waals surface area contributed by atoms with Gasteiger partial charge in [-0.2, -0.15) is 0 Å². The first-order chi connectivity index (χ1) is 13.3. The maximum Gasteiger partial charge on any atom is 0.306 e. The van der Waals surface area contributed by atoms with Crippen LogP contribution in [0.5, 0.6) is 5.75 Å². The third-order valence-corrected chi connectivity index (χ3v) is 4.47. The molecule has 0 aliphatic heterocycles. The molecule has 1 atom stereocenters. The highest BCUT2D eigenvalue weighted by Crippen LogP contribution is 2.27. The summed E-state index contributed by atoms with van der Waals surface area (Å²) in [5, 5.41) is 3.69. The second-order valence-corrected chi connectivity index (χ2v) is 7.21. The molecule has 0 saturated heterocycles. The number of nitrogens with one attached hydrogen (secondary N) is 1. The van der Waals surface area contributed by atoms with Crippen LogP contribution in [-0.4, -0.2) is 24.6 Å². The van der Waals surface area contributed by atoms with Crippen molar-refractivity contribution in [1.29, 1.82) is 0 Å². The Hall–Kier alpha value is -2.24. The zero-order valence-corrected chi connectivity index (χ0v) is 17.3. The van der Waals surface area contributed by atoms with E-state index < -0.39 is 12.1 Å². The van der Waals surface area contributed by atoms with Crippen LogP contribution in [0.1, 0.15) is 30.9 Å². The fraction of sp³-hybridized carbons (Fsp3) is 0.333. The molecule has 2 aromatic carbocycles. The van der Waals surface area contributed by atoms with Crippen molar-refractivity contribution in [1.82, 2.24) is 5.32 Å². The largest absolute Gasteiger partial charge is 0.492 e. The highest BCUT2D eigenvalue weighted by Gasteiger charge is 2.17. The molecule has 5 nitrogen and oxygen atoms in total. The molecule has 0 aliphatic carbocycles. The Morgan fingerprint density at radius 1 is 1.11 bits per heavy atom. The van der Waals surface area contributed by atoms with Gasteiger partial charge in [0, 0.05) is 18.0 Å². The van der Waals surface area contributed by atoms with Gasteiger partial charge in [0.2, 0.25) is 0 Å². The number of carbonyl (C=O) groups excluding carboxylic acids is 2. The fourth-order valence-corrected chi connectivity index (χ4v) is 2.80. The van der Waals surface area contributed by atoms with E-state index in [0.717, 1.165) is 11.1 Å². The molecule has 0 spiro atoms. The van der Waals surface area contributed by atoms with Crippen molar-refractivity contribution in [2.24, 2.45) is 0 Å². The number of esters is 1. The van der Waals surface area contributed by atoms with Crippen LogP contribution in [-0.2, 0) is 20.9 Å². The Bertz CT molecular complexity index is 809. The molecule has 28 heavy (non-hydrogen) atoms. The van der Waals surface area contributed by atoms with Gasteiger partial charge in [-0.15, -0.1) is 0 Å². The molecule has 0 heterocycles. The van der Waals surface area contributed by atoms with Crippen molar-refractivity contribution in [3.8, 4) is 5.75 Å². The zero-order valence-electron chi connectivity index (χ0n) is 15.8. The van der Waals surface area contributed by atoms with Gasteiger partial charge in [0.25, 0.3) is 5.91 Å². The Kier molecular flexibility index (Phi) is 8.61. The van der Waals surface area contributed by atoms with Crippen LogP contribution < -0.4 is 10.1 Å². The third-order valence-electron chi connectivity index (χ3n) is 3.94. The van der Waals surface area contributed by atoms with Gasteiger partial charge in [-0.1, -0.05) is 53.0 Å². The van der Waals surface area contributed by atoms with Crippen LogP contribution in [0.3, 0.4) is 0 Å². The van der Waals surface area contributed by atoms with E-state index in [-0.39, 0.29) is 12.3 Å². The predicted molar refractivity (Wildman–Crippen MR) is 110 cm³/mol. The van der Waals surface area contributed by atoms with E-state index in [1.807, 2.05) is 31.2 Å². The van der Waals surface area contributed by atoms with Crippen molar-refractivity contribution in [3.63, 3.8) is 0 Å². The van der Waals surface area contributed by atoms with Crippen molar-refractivity contribution in [2.45, 2.75) is 39.3 Å². The van der Waals surface area contributed by atoms with E-state index in [4.69, 9.17) is 32.7 Å². The van der Waals surface area contributed by atoms with Gasteiger partial charge in [-0.25, -0.2) is 0 Å². The van der Waals surface area contributed by atoms with Crippen LogP contribution in [0.2, 0.25) is 10.0 Å². The molecule has 1 amide bonds. The van der Waals surface area contributed by atoms with E-state index in [0.29, 0.717) is 35.4 Å². The van der Waals surface area contributed by atoms with Gasteiger partial charge in [0.05, 0.1) is 11.6 Å². The summed E-state index contributed by atoms with van der Waals surface area (Å²) in [6.07, 6.45) is -0.277. The molecule has 0 aliphatic rings. The molecule has 2 aromatic rings. The van der Waals surface area contributed by atoms with E-state index in [1.54, 1.807) is 25.1 Å². The molecule has 1 N–H and O–H groups in total. The van der Waals surface area contributed by atoms with Gasteiger partial charge >= 0.3 is 5.97 Å². The maximum atomic E-state index is 12.1. The predicted octanol–water partition coefficient (Wildman–Crippen LogP) is 4.71. The Balaban J connectivity index is 1.65. The first kappa shape index (κ1) is 22.1. The summed E-state index contributed by atoms with van der Waals surface area (Å²) in [5.41, 5.74) is 2.13. The van der Waals surface area contributed by atoms with Gasteiger partial charge in [0.15, 0.2) is 6.10 Å².